The molecule has 1 aromatic rings. The van der Waals surface area contributed by atoms with Crippen LogP contribution in [0.15, 0.2) is 29.5 Å². The number of fused-ring (bicyclic) bond motifs is 1. The molecule has 130 valence electrons. The number of hydrogen-bond donors (Lipinski definition) is 2. The van der Waals surface area contributed by atoms with Gasteiger partial charge in [0.05, 0.1) is 16.7 Å². The second-order valence-electron chi connectivity index (χ2n) is 5.70. The van der Waals surface area contributed by atoms with Gasteiger partial charge in [-0.1, -0.05) is 11.6 Å². The van der Waals surface area contributed by atoms with E-state index < -0.39 is 11.0 Å². The molecule has 0 spiro atoms. The molecular formula is C16H20ClN3O3S. The molecule has 8 heteroatoms. The Morgan fingerprint density at radius 2 is 2.12 bits per heavy atom. The number of carbonyl (C=O) groups excluding carboxylic acids is 1. The summed E-state index contributed by atoms with van der Waals surface area (Å²) in [6.07, 6.45) is 3.17. The number of rotatable bonds is 4. The smallest absolute Gasteiger partial charge is 0.294 e. The summed E-state index contributed by atoms with van der Waals surface area (Å²) >= 11 is 6.08. The number of piperidine rings is 1. The first-order valence-corrected chi connectivity index (χ1v) is 9.79. The maximum atomic E-state index is 13.0. The van der Waals surface area contributed by atoms with Crippen LogP contribution in [0.3, 0.4) is 0 Å². The van der Waals surface area contributed by atoms with Crippen LogP contribution in [-0.2, 0) is 15.8 Å². The summed E-state index contributed by atoms with van der Waals surface area (Å²) in [6.45, 7) is 2.51. The minimum Gasteiger partial charge on any atom is -0.449 e. The molecule has 6 nitrogen and oxygen atoms in total. The fourth-order valence-electron chi connectivity index (χ4n) is 2.88. The van der Waals surface area contributed by atoms with Crippen LogP contribution < -0.4 is 19.7 Å². The maximum absolute atomic E-state index is 13.0. The zero-order valence-electron chi connectivity index (χ0n) is 13.4. The number of nitrogens with zero attached hydrogens (tertiary/aromatic N) is 1. The highest BCUT2D eigenvalue weighted by molar-refractivity contribution is 7.82. The Balaban J connectivity index is 1.93. The van der Waals surface area contributed by atoms with Gasteiger partial charge in [0.2, 0.25) is 0 Å². The molecule has 0 radical (unpaired) electrons. The number of benzene rings is 1. The van der Waals surface area contributed by atoms with Gasteiger partial charge >= 0.3 is 0 Å². The first-order valence-electron chi connectivity index (χ1n) is 7.85. The molecule has 1 unspecified atom stereocenters. The van der Waals surface area contributed by atoms with Crippen molar-refractivity contribution in [3.8, 4) is 5.75 Å². The number of ether oxygens (including phenoxy) is 1. The lowest BCUT2D eigenvalue weighted by atomic mass is 10.0. The van der Waals surface area contributed by atoms with Crippen LogP contribution in [0, 0.1) is 0 Å². The lowest BCUT2D eigenvalue weighted by Crippen LogP contribution is -2.42. The largest absolute Gasteiger partial charge is 0.449 e. The van der Waals surface area contributed by atoms with Crippen molar-refractivity contribution in [2.75, 3.05) is 37.3 Å². The number of amides is 1. The van der Waals surface area contributed by atoms with E-state index in [-0.39, 0.29) is 5.91 Å². The third kappa shape index (κ3) is 3.80. The monoisotopic (exact) mass is 369 g/mol. The Morgan fingerprint density at radius 1 is 1.38 bits per heavy atom. The molecule has 2 heterocycles. The summed E-state index contributed by atoms with van der Waals surface area (Å²) in [6, 6.07) is 5.25. The maximum Gasteiger partial charge on any atom is 0.294 e. The van der Waals surface area contributed by atoms with E-state index in [2.05, 4.69) is 10.0 Å². The highest BCUT2D eigenvalue weighted by Crippen LogP contribution is 2.38. The van der Waals surface area contributed by atoms with Crippen molar-refractivity contribution in [1.82, 2.24) is 10.0 Å². The Labute approximate surface area is 148 Å². The Bertz CT molecular complexity index is 700. The molecular weight excluding hydrogens is 350 g/mol. The van der Waals surface area contributed by atoms with E-state index in [9.17, 15) is 9.00 Å². The van der Waals surface area contributed by atoms with E-state index >= 15 is 0 Å². The Hall–Kier alpha value is -1.41. The molecule has 1 aromatic carbocycles. The molecule has 1 atom stereocenters. The lowest BCUT2D eigenvalue weighted by molar-refractivity contribution is -0.117. The molecule has 24 heavy (non-hydrogen) atoms. The number of hydrogen-bond acceptors (Lipinski definition) is 4. The van der Waals surface area contributed by atoms with Crippen LogP contribution in [0.1, 0.15) is 12.8 Å². The topological polar surface area (TPSA) is 70.7 Å². The van der Waals surface area contributed by atoms with Crippen LogP contribution in [0.4, 0.5) is 5.69 Å². The fraction of sp³-hybridized carbons (Fsp3) is 0.438. The number of nitrogens with one attached hydrogen (secondary N) is 2. The molecule has 1 amide bonds. The Kier molecular flexibility index (Phi) is 5.55. The molecule has 2 N–H and O–H groups in total. The van der Waals surface area contributed by atoms with Crippen molar-refractivity contribution in [2.45, 2.75) is 12.8 Å². The molecule has 2 aliphatic heterocycles. The normalized spacial score (nSPS) is 19.1. The van der Waals surface area contributed by atoms with Crippen LogP contribution >= 0.6 is 11.6 Å². The SMILES string of the molecule is CS(=O)NCCN1C(=O)C(=C2CCNCC2)Oc2ccc(Cl)cc21. The van der Waals surface area contributed by atoms with Gasteiger partial charge in [0.25, 0.3) is 5.91 Å². The highest BCUT2D eigenvalue weighted by atomic mass is 35.5. The third-order valence-corrected chi connectivity index (χ3v) is 4.88. The minimum atomic E-state index is -1.12. The van der Waals surface area contributed by atoms with Crippen LogP contribution in [0.2, 0.25) is 5.02 Å². The number of carbonyl (C=O) groups is 1. The van der Waals surface area contributed by atoms with Gasteiger partial charge in [-0.25, -0.2) is 8.93 Å². The van der Waals surface area contributed by atoms with Crippen LogP contribution in [-0.4, -0.2) is 42.6 Å². The first-order chi connectivity index (χ1) is 11.6. The number of anilines is 1. The first kappa shape index (κ1) is 17.4. The van der Waals surface area contributed by atoms with E-state index in [0.29, 0.717) is 35.3 Å². The van der Waals surface area contributed by atoms with E-state index in [1.54, 1.807) is 29.4 Å². The zero-order valence-corrected chi connectivity index (χ0v) is 15.0. The van der Waals surface area contributed by atoms with Crippen molar-refractivity contribution in [2.24, 2.45) is 0 Å². The summed E-state index contributed by atoms with van der Waals surface area (Å²) in [7, 11) is -1.12. The summed E-state index contributed by atoms with van der Waals surface area (Å²) in [5.41, 5.74) is 1.69. The second kappa shape index (κ2) is 7.65. The lowest BCUT2D eigenvalue weighted by Gasteiger charge is -2.32. The summed E-state index contributed by atoms with van der Waals surface area (Å²) in [5.74, 6) is 0.881. The van der Waals surface area contributed by atoms with E-state index in [1.165, 1.54) is 0 Å². The molecule has 1 saturated heterocycles. The Morgan fingerprint density at radius 3 is 2.83 bits per heavy atom. The van der Waals surface area contributed by atoms with E-state index in [1.807, 2.05) is 0 Å². The van der Waals surface area contributed by atoms with E-state index in [0.717, 1.165) is 31.5 Å². The van der Waals surface area contributed by atoms with Gasteiger partial charge in [-0.05, 0) is 49.7 Å². The van der Waals surface area contributed by atoms with Crippen LogP contribution in [0.5, 0.6) is 5.75 Å². The average Bonchev–Trinajstić information content (AvgIpc) is 2.57. The molecule has 0 saturated carbocycles. The molecule has 0 aromatic heterocycles. The third-order valence-electron chi connectivity index (χ3n) is 4.03. The van der Waals surface area contributed by atoms with Crippen molar-refractivity contribution in [3.05, 3.63) is 34.6 Å². The fourth-order valence-corrected chi connectivity index (χ4v) is 3.42. The molecule has 3 rings (SSSR count). The van der Waals surface area contributed by atoms with Gasteiger partial charge in [-0.15, -0.1) is 0 Å². The predicted octanol–water partition coefficient (Wildman–Crippen LogP) is 1.59. The van der Waals surface area contributed by atoms with Crippen LogP contribution in [0.25, 0.3) is 0 Å². The van der Waals surface area contributed by atoms with Gasteiger partial charge < -0.3 is 15.0 Å². The van der Waals surface area contributed by atoms with E-state index in [4.69, 9.17) is 16.3 Å². The van der Waals surface area contributed by atoms with Crippen molar-refractivity contribution < 1.29 is 13.7 Å². The highest BCUT2D eigenvalue weighted by Gasteiger charge is 2.32. The second-order valence-corrected chi connectivity index (χ2v) is 7.34. The van der Waals surface area contributed by atoms with Gasteiger partial charge in [-0.2, -0.15) is 0 Å². The van der Waals surface area contributed by atoms with Gasteiger partial charge in [-0.3, -0.25) is 4.79 Å². The summed E-state index contributed by atoms with van der Waals surface area (Å²) in [4.78, 5) is 14.6. The predicted molar refractivity (Wildman–Crippen MR) is 95.6 cm³/mol. The summed E-state index contributed by atoms with van der Waals surface area (Å²) < 4.78 is 20.0. The van der Waals surface area contributed by atoms with Gasteiger partial charge in [0, 0.05) is 24.4 Å². The summed E-state index contributed by atoms with van der Waals surface area (Å²) in [5, 5.41) is 3.82. The van der Waals surface area contributed by atoms with Gasteiger partial charge in [0.1, 0.15) is 0 Å². The number of halogens is 1. The van der Waals surface area contributed by atoms with Crippen molar-refractivity contribution >= 4 is 34.2 Å². The molecule has 0 bridgehead atoms. The molecule has 1 fully saturated rings. The standard InChI is InChI=1S/C16H20ClN3O3S/c1-24(22)19-8-9-20-13-10-12(17)2-3-14(13)23-15(16(20)21)11-4-6-18-7-5-11/h2-3,10,18-19H,4-9H2,1H3. The van der Waals surface area contributed by atoms with Crippen molar-refractivity contribution in [1.29, 1.82) is 0 Å². The molecule has 2 aliphatic rings. The molecule has 0 aliphatic carbocycles. The quantitative estimate of drug-likeness (QED) is 0.791. The zero-order chi connectivity index (χ0) is 17.1. The average molecular weight is 370 g/mol. The minimum absolute atomic E-state index is 0.162. The van der Waals surface area contributed by atoms with Crippen molar-refractivity contribution in [3.63, 3.8) is 0 Å². The van der Waals surface area contributed by atoms with Gasteiger partial charge in [0.15, 0.2) is 11.5 Å².